The van der Waals surface area contributed by atoms with E-state index in [1.165, 1.54) is 43.6 Å². The summed E-state index contributed by atoms with van der Waals surface area (Å²) in [5, 5.41) is 6.09. The molecule has 2 unspecified atom stereocenters. The number of nitrogens with one attached hydrogen (secondary N) is 1. The van der Waals surface area contributed by atoms with Gasteiger partial charge in [0.15, 0.2) is 0 Å². The molecule has 1 saturated heterocycles. The van der Waals surface area contributed by atoms with Crippen molar-refractivity contribution in [2.75, 3.05) is 19.6 Å². The molecule has 0 amide bonds. The van der Waals surface area contributed by atoms with Gasteiger partial charge in [-0.15, -0.1) is 11.3 Å². The number of piperidine rings is 1. The topological polar surface area (TPSA) is 15.3 Å². The smallest absolute Gasteiger partial charge is 0.0148 e. The van der Waals surface area contributed by atoms with E-state index in [4.69, 9.17) is 0 Å². The van der Waals surface area contributed by atoms with Crippen LogP contribution in [0.2, 0.25) is 0 Å². The molecule has 1 aromatic heterocycles. The molecule has 1 aliphatic carbocycles. The molecule has 2 atom stereocenters. The van der Waals surface area contributed by atoms with Crippen LogP contribution in [0.3, 0.4) is 0 Å². The molecule has 2 heterocycles. The van der Waals surface area contributed by atoms with Gasteiger partial charge in [0.05, 0.1) is 0 Å². The van der Waals surface area contributed by atoms with Crippen molar-refractivity contribution in [2.24, 2.45) is 11.8 Å². The fraction of sp³-hybridized carbons (Fsp3) is 0.765. The van der Waals surface area contributed by atoms with Gasteiger partial charge in [0.25, 0.3) is 0 Å². The molecule has 3 heteroatoms. The number of fused-ring (bicyclic) bond motifs is 2. The summed E-state index contributed by atoms with van der Waals surface area (Å²) in [4.78, 5) is 4.22. The maximum atomic E-state index is 3.90. The van der Waals surface area contributed by atoms with Crippen molar-refractivity contribution in [3.8, 4) is 0 Å². The fourth-order valence-electron chi connectivity index (χ4n) is 4.04. The van der Waals surface area contributed by atoms with Crippen LogP contribution in [0.15, 0.2) is 17.5 Å². The van der Waals surface area contributed by atoms with Crippen LogP contribution in [0.25, 0.3) is 0 Å². The van der Waals surface area contributed by atoms with Crippen molar-refractivity contribution in [1.29, 1.82) is 0 Å². The van der Waals surface area contributed by atoms with Crippen LogP contribution in [0.5, 0.6) is 0 Å². The average molecular weight is 292 g/mol. The standard InChI is InChI=1S/C17H28N2S/c1-13(2)19-11-14-5-3-6-15(12-19)17(14)18-9-8-16-7-4-10-20-16/h4,7,10,13-15,17-18H,3,5-6,8-9,11-12H2,1-2H3. The Bertz CT molecular complexity index is 387. The summed E-state index contributed by atoms with van der Waals surface area (Å²) >= 11 is 1.89. The van der Waals surface area contributed by atoms with Crippen molar-refractivity contribution in [2.45, 2.75) is 51.6 Å². The quantitative estimate of drug-likeness (QED) is 0.895. The first-order chi connectivity index (χ1) is 9.74. The highest BCUT2D eigenvalue weighted by Crippen LogP contribution is 2.35. The summed E-state index contributed by atoms with van der Waals surface area (Å²) in [6.07, 6.45) is 5.50. The van der Waals surface area contributed by atoms with E-state index in [0.717, 1.165) is 24.4 Å². The largest absolute Gasteiger partial charge is 0.313 e. The highest BCUT2D eigenvalue weighted by atomic mass is 32.1. The van der Waals surface area contributed by atoms with E-state index in [1.807, 2.05) is 11.3 Å². The first kappa shape index (κ1) is 14.6. The molecule has 2 fully saturated rings. The van der Waals surface area contributed by atoms with Crippen LogP contribution >= 0.6 is 11.3 Å². The minimum absolute atomic E-state index is 0.713. The van der Waals surface area contributed by atoms with Gasteiger partial charge in [-0.2, -0.15) is 0 Å². The third kappa shape index (κ3) is 3.26. The molecule has 1 aliphatic heterocycles. The molecule has 0 aromatic carbocycles. The zero-order chi connectivity index (χ0) is 13.9. The Balaban J connectivity index is 1.54. The Kier molecular flexibility index (Phi) is 4.79. The molecule has 1 N–H and O–H groups in total. The van der Waals surface area contributed by atoms with Crippen LogP contribution in [-0.2, 0) is 6.42 Å². The Labute approximate surface area is 127 Å². The second kappa shape index (κ2) is 6.59. The number of nitrogens with zero attached hydrogens (tertiary/aromatic N) is 1. The van der Waals surface area contributed by atoms with E-state index < -0.39 is 0 Å². The number of thiophene rings is 1. The second-order valence-corrected chi connectivity index (χ2v) is 7.84. The molecular weight excluding hydrogens is 264 g/mol. The van der Waals surface area contributed by atoms with Crippen molar-refractivity contribution in [1.82, 2.24) is 10.2 Å². The molecule has 1 saturated carbocycles. The lowest BCUT2D eigenvalue weighted by Gasteiger charge is -2.49. The summed E-state index contributed by atoms with van der Waals surface area (Å²) in [5.41, 5.74) is 0. The zero-order valence-corrected chi connectivity index (χ0v) is 13.7. The summed E-state index contributed by atoms with van der Waals surface area (Å²) in [6, 6.07) is 5.91. The van der Waals surface area contributed by atoms with Gasteiger partial charge >= 0.3 is 0 Å². The van der Waals surface area contributed by atoms with E-state index >= 15 is 0 Å². The van der Waals surface area contributed by atoms with Gasteiger partial charge in [0.2, 0.25) is 0 Å². The van der Waals surface area contributed by atoms with Gasteiger partial charge in [-0.1, -0.05) is 12.5 Å². The third-order valence-corrected chi connectivity index (χ3v) is 6.10. The van der Waals surface area contributed by atoms with Crippen LogP contribution < -0.4 is 5.32 Å². The highest BCUT2D eigenvalue weighted by Gasteiger charge is 2.39. The zero-order valence-electron chi connectivity index (χ0n) is 12.8. The van der Waals surface area contributed by atoms with E-state index in [2.05, 4.69) is 41.6 Å². The number of hydrogen-bond donors (Lipinski definition) is 1. The summed E-state index contributed by atoms with van der Waals surface area (Å²) in [5.74, 6) is 1.77. The molecule has 2 bridgehead atoms. The second-order valence-electron chi connectivity index (χ2n) is 6.81. The van der Waals surface area contributed by atoms with Crippen LogP contribution in [0, 0.1) is 11.8 Å². The van der Waals surface area contributed by atoms with Gasteiger partial charge in [0.1, 0.15) is 0 Å². The predicted octanol–water partition coefficient (Wildman–Crippen LogP) is 3.39. The van der Waals surface area contributed by atoms with Crippen molar-refractivity contribution < 1.29 is 0 Å². The minimum atomic E-state index is 0.713. The lowest BCUT2D eigenvalue weighted by atomic mass is 9.73. The van der Waals surface area contributed by atoms with Gasteiger partial charge < -0.3 is 10.2 Å². The van der Waals surface area contributed by atoms with Crippen molar-refractivity contribution in [3.05, 3.63) is 22.4 Å². The van der Waals surface area contributed by atoms with E-state index in [9.17, 15) is 0 Å². The van der Waals surface area contributed by atoms with Gasteiger partial charge in [-0.25, -0.2) is 0 Å². The van der Waals surface area contributed by atoms with E-state index in [1.54, 1.807) is 0 Å². The molecule has 3 rings (SSSR count). The Hall–Kier alpha value is -0.380. The first-order valence-corrected chi connectivity index (χ1v) is 9.12. The number of rotatable bonds is 5. The normalized spacial score (nSPS) is 30.9. The molecule has 20 heavy (non-hydrogen) atoms. The monoisotopic (exact) mass is 292 g/mol. The Morgan fingerprint density at radius 3 is 2.65 bits per heavy atom. The van der Waals surface area contributed by atoms with Crippen LogP contribution in [0.1, 0.15) is 38.0 Å². The van der Waals surface area contributed by atoms with Gasteiger partial charge in [-0.3, -0.25) is 0 Å². The van der Waals surface area contributed by atoms with Gasteiger partial charge in [0, 0.05) is 36.6 Å². The summed E-state index contributed by atoms with van der Waals surface area (Å²) in [7, 11) is 0. The molecule has 2 nitrogen and oxygen atoms in total. The van der Waals surface area contributed by atoms with Gasteiger partial charge in [-0.05, 0) is 56.4 Å². The highest BCUT2D eigenvalue weighted by molar-refractivity contribution is 7.09. The molecule has 2 aliphatic rings. The molecule has 1 aromatic rings. The van der Waals surface area contributed by atoms with E-state index in [0.29, 0.717) is 6.04 Å². The van der Waals surface area contributed by atoms with Crippen LogP contribution in [0.4, 0.5) is 0 Å². The molecular formula is C17H28N2S. The third-order valence-electron chi connectivity index (χ3n) is 5.17. The minimum Gasteiger partial charge on any atom is -0.313 e. The maximum Gasteiger partial charge on any atom is 0.0148 e. The van der Waals surface area contributed by atoms with E-state index in [-0.39, 0.29) is 0 Å². The Morgan fingerprint density at radius 2 is 2.05 bits per heavy atom. The SMILES string of the molecule is CC(C)N1CC2CCCC(C1)C2NCCc1cccs1. The predicted molar refractivity (Wildman–Crippen MR) is 87.4 cm³/mol. The number of hydrogen-bond acceptors (Lipinski definition) is 3. The molecule has 112 valence electrons. The maximum absolute atomic E-state index is 3.90. The summed E-state index contributed by atoms with van der Waals surface area (Å²) < 4.78 is 0. The first-order valence-electron chi connectivity index (χ1n) is 8.24. The van der Waals surface area contributed by atoms with Crippen molar-refractivity contribution in [3.63, 3.8) is 0 Å². The molecule has 0 spiro atoms. The summed E-state index contributed by atoms with van der Waals surface area (Å²) in [6.45, 7) is 8.47. The molecule has 0 radical (unpaired) electrons. The average Bonchev–Trinajstić information content (AvgIpc) is 2.91. The van der Waals surface area contributed by atoms with Crippen molar-refractivity contribution >= 4 is 11.3 Å². The fourth-order valence-corrected chi connectivity index (χ4v) is 4.75. The Morgan fingerprint density at radius 1 is 1.30 bits per heavy atom. The lowest BCUT2D eigenvalue weighted by molar-refractivity contribution is 0.0300. The van der Waals surface area contributed by atoms with Crippen LogP contribution in [-0.4, -0.2) is 36.6 Å². The number of likely N-dealkylation sites (tertiary alicyclic amines) is 1. The lowest BCUT2D eigenvalue weighted by Crippen LogP contribution is -2.58.